The Hall–Kier alpha value is -0.300. The lowest BCUT2D eigenvalue weighted by Gasteiger charge is -1.83. The van der Waals surface area contributed by atoms with Crippen LogP contribution in [0.15, 0.2) is 11.6 Å². The predicted octanol–water partition coefficient (Wildman–Crippen LogP) is 1.77. The molecule has 0 heterocycles. The Balaban J connectivity index is 3.08. The van der Waals surface area contributed by atoms with Gasteiger partial charge in [-0.05, 0) is 20.3 Å². The van der Waals surface area contributed by atoms with E-state index in [2.05, 4.69) is 0 Å². The Labute approximate surface area is 44.7 Å². The summed E-state index contributed by atoms with van der Waals surface area (Å²) >= 11 is 0. The molecule has 41 valence electrons. The minimum Gasteiger partial charge on any atom is -0.236 e. The molecule has 1 nitrogen and oxygen atoms in total. The van der Waals surface area contributed by atoms with Crippen molar-refractivity contribution in [2.75, 3.05) is 6.61 Å². The summed E-state index contributed by atoms with van der Waals surface area (Å²) in [5.74, 6) is 0. The molecule has 0 atom stereocenters. The van der Waals surface area contributed by atoms with E-state index in [-0.39, 0.29) is 6.61 Å². The molecule has 7 heavy (non-hydrogen) atoms. The Kier molecular flexibility index (Phi) is 3.71. The zero-order chi connectivity index (χ0) is 5.70. The van der Waals surface area contributed by atoms with Crippen LogP contribution in [-0.4, -0.2) is 6.61 Å². The molecule has 0 aromatic carbocycles. The van der Waals surface area contributed by atoms with Crippen LogP contribution >= 0.6 is 0 Å². The molecule has 0 aliphatic rings. The van der Waals surface area contributed by atoms with E-state index in [1.165, 1.54) is 5.57 Å². The van der Waals surface area contributed by atoms with E-state index in [1.807, 2.05) is 19.9 Å². The maximum absolute atomic E-state index is 9.79. The summed E-state index contributed by atoms with van der Waals surface area (Å²) in [6.07, 6.45) is 2.63. The average molecular weight is 99.2 g/mol. The van der Waals surface area contributed by atoms with Gasteiger partial charge in [0.25, 0.3) is 0 Å². The van der Waals surface area contributed by atoms with Gasteiger partial charge < -0.3 is 0 Å². The van der Waals surface area contributed by atoms with Crippen LogP contribution in [0.4, 0.5) is 0 Å². The molecule has 1 heteroatoms. The normalized spacial score (nSPS) is 8.43. The van der Waals surface area contributed by atoms with Crippen LogP contribution in [0.5, 0.6) is 0 Å². The Morgan fingerprint density at radius 3 is 2.29 bits per heavy atom. The van der Waals surface area contributed by atoms with Crippen molar-refractivity contribution in [3.63, 3.8) is 0 Å². The van der Waals surface area contributed by atoms with Crippen molar-refractivity contribution in [3.05, 3.63) is 11.6 Å². The minimum atomic E-state index is 0.0190. The smallest absolute Gasteiger partial charge is 0.0856 e. The molecule has 0 saturated carbocycles. The molecule has 0 aromatic heterocycles. The van der Waals surface area contributed by atoms with Crippen molar-refractivity contribution in [3.8, 4) is 0 Å². The van der Waals surface area contributed by atoms with Gasteiger partial charge in [-0.25, -0.2) is 5.11 Å². The van der Waals surface area contributed by atoms with Gasteiger partial charge in [-0.3, -0.25) is 0 Å². The van der Waals surface area contributed by atoms with Crippen molar-refractivity contribution in [1.29, 1.82) is 0 Å². The van der Waals surface area contributed by atoms with E-state index >= 15 is 0 Å². The van der Waals surface area contributed by atoms with Crippen molar-refractivity contribution in [2.24, 2.45) is 0 Å². The van der Waals surface area contributed by atoms with Gasteiger partial charge in [0.2, 0.25) is 0 Å². The van der Waals surface area contributed by atoms with Gasteiger partial charge in [0.05, 0.1) is 6.61 Å². The monoisotopic (exact) mass is 99.1 g/mol. The van der Waals surface area contributed by atoms with Gasteiger partial charge in [-0.1, -0.05) is 11.6 Å². The molecule has 0 N–H and O–H groups in total. The highest BCUT2D eigenvalue weighted by atomic mass is 16.2. The lowest BCUT2D eigenvalue weighted by Crippen LogP contribution is -1.73. The third-order valence-electron chi connectivity index (χ3n) is 0.670. The summed E-state index contributed by atoms with van der Waals surface area (Å²) in [5.41, 5.74) is 1.23. The Morgan fingerprint density at radius 1 is 1.57 bits per heavy atom. The summed E-state index contributed by atoms with van der Waals surface area (Å²) in [6, 6.07) is 0. The highest BCUT2D eigenvalue weighted by Gasteiger charge is 1.75. The van der Waals surface area contributed by atoms with E-state index in [9.17, 15) is 5.11 Å². The summed E-state index contributed by atoms with van der Waals surface area (Å²) in [7, 11) is 0. The molecule has 0 saturated heterocycles. The van der Waals surface area contributed by atoms with Gasteiger partial charge in [-0.2, -0.15) is 0 Å². The molecule has 0 amide bonds. The third kappa shape index (κ3) is 5.70. The molecule has 0 fully saturated rings. The molecule has 0 aliphatic heterocycles. The molecule has 0 aliphatic carbocycles. The molecule has 0 unspecified atom stereocenters. The van der Waals surface area contributed by atoms with Gasteiger partial charge >= 0.3 is 0 Å². The quantitative estimate of drug-likeness (QED) is 0.470. The van der Waals surface area contributed by atoms with Gasteiger partial charge in [0.1, 0.15) is 0 Å². The first-order chi connectivity index (χ1) is 3.27. The highest BCUT2D eigenvalue weighted by molar-refractivity contribution is 4.92. The fourth-order valence-corrected chi connectivity index (χ4v) is 0.348. The zero-order valence-corrected chi connectivity index (χ0v) is 4.90. The SMILES string of the molecule is CC(C)=CCC[O]. The molecular weight excluding hydrogens is 88.1 g/mol. The van der Waals surface area contributed by atoms with Crippen molar-refractivity contribution in [1.82, 2.24) is 0 Å². The Bertz CT molecular complexity index is 60.6. The molecule has 1 radical (unpaired) electrons. The fourth-order valence-electron chi connectivity index (χ4n) is 0.348. The lowest BCUT2D eigenvalue weighted by atomic mass is 10.3. The van der Waals surface area contributed by atoms with Crippen LogP contribution in [-0.2, 0) is 5.11 Å². The lowest BCUT2D eigenvalue weighted by molar-refractivity contribution is 0.199. The van der Waals surface area contributed by atoms with E-state index in [0.29, 0.717) is 6.42 Å². The molecule has 0 spiro atoms. The van der Waals surface area contributed by atoms with E-state index < -0.39 is 0 Å². The first-order valence-corrected chi connectivity index (χ1v) is 2.49. The zero-order valence-electron chi connectivity index (χ0n) is 4.90. The van der Waals surface area contributed by atoms with E-state index in [4.69, 9.17) is 0 Å². The standard InChI is InChI=1S/C6H11O/c1-6(2)4-3-5-7/h4H,3,5H2,1-2H3. The fraction of sp³-hybridized carbons (Fsp3) is 0.667. The van der Waals surface area contributed by atoms with Crippen molar-refractivity contribution < 1.29 is 5.11 Å². The summed E-state index contributed by atoms with van der Waals surface area (Å²) in [5, 5.41) is 9.79. The molecular formula is C6H11O. The molecule has 0 rings (SSSR count). The predicted molar refractivity (Wildman–Crippen MR) is 29.6 cm³/mol. The molecule has 0 bridgehead atoms. The first-order valence-electron chi connectivity index (χ1n) is 2.49. The second kappa shape index (κ2) is 3.88. The third-order valence-corrected chi connectivity index (χ3v) is 0.670. The second-order valence-electron chi connectivity index (χ2n) is 1.77. The van der Waals surface area contributed by atoms with Crippen LogP contribution in [0.3, 0.4) is 0 Å². The van der Waals surface area contributed by atoms with Crippen molar-refractivity contribution in [2.45, 2.75) is 20.3 Å². The van der Waals surface area contributed by atoms with Gasteiger partial charge in [-0.15, -0.1) is 0 Å². The Morgan fingerprint density at radius 2 is 2.14 bits per heavy atom. The van der Waals surface area contributed by atoms with Crippen molar-refractivity contribution >= 4 is 0 Å². The number of rotatable bonds is 2. The van der Waals surface area contributed by atoms with Crippen LogP contribution < -0.4 is 0 Å². The maximum atomic E-state index is 9.79. The summed E-state index contributed by atoms with van der Waals surface area (Å²) < 4.78 is 0. The second-order valence-corrected chi connectivity index (χ2v) is 1.77. The van der Waals surface area contributed by atoms with E-state index in [1.54, 1.807) is 0 Å². The van der Waals surface area contributed by atoms with Gasteiger partial charge in [0, 0.05) is 0 Å². The van der Waals surface area contributed by atoms with E-state index in [0.717, 1.165) is 0 Å². The average Bonchev–Trinajstić information content (AvgIpc) is 1.61. The van der Waals surface area contributed by atoms with Crippen LogP contribution in [0, 0.1) is 0 Å². The topological polar surface area (TPSA) is 19.9 Å². The largest absolute Gasteiger partial charge is 0.236 e. The van der Waals surface area contributed by atoms with Gasteiger partial charge in [0.15, 0.2) is 0 Å². The van der Waals surface area contributed by atoms with Crippen LogP contribution in [0.2, 0.25) is 0 Å². The maximum Gasteiger partial charge on any atom is 0.0856 e. The molecule has 0 aromatic rings. The number of allylic oxidation sites excluding steroid dienone is 1. The number of hydrogen-bond acceptors (Lipinski definition) is 0. The summed E-state index contributed by atoms with van der Waals surface area (Å²) in [6.45, 7) is 4.01. The first kappa shape index (κ1) is 6.70. The minimum absolute atomic E-state index is 0.0190. The van der Waals surface area contributed by atoms with Crippen LogP contribution in [0.25, 0.3) is 0 Å². The number of hydrogen-bond donors (Lipinski definition) is 0. The van der Waals surface area contributed by atoms with Crippen LogP contribution in [0.1, 0.15) is 20.3 Å². The summed E-state index contributed by atoms with van der Waals surface area (Å²) in [4.78, 5) is 0. The highest BCUT2D eigenvalue weighted by Crippen LogP contribution is 1.89.